The highest BCUT2D eigenvalue weighted by molar-refractivity contribution is 5.70. The predicted octanol–water partition coefficient (Wildman–Crippen LogP) is 3.15. The van der Waals surface area contributed by atoms with Crippen LogP contribution in [0.4, 0.5) is 14.5 Å². The summed E-state index contributed by atoms with van der Waals surface area (Å²) in [6, 6.07) is 3.34. The van der Waals surface area contributed by atoms with E-state index in [0.717, 1.165) is 6.07 Å². The summed E-state index contributed by atoms with van der Waals surface area (Å²) in [5, 5.41) is 8.94. The number of hydrogen-bond donors (Lipinski definition) is 1. The second-order valence-electron chi connectivity index (χ2n) is 5.13. The molecule has 0 aromatic heterocycles. The van der Waals surface area contributed by atoms with Gasteiger partial charge in [0.15, 0.2) is 0 Å². The molecule has 1 aromatic rings. The quantitative estimate of drug-likeness (QED) is 0.864. The highest BCUT2D eigenvalue weighted by Crippen LogP contribution is 2.22. The summed E-state index contributed by atoms with van der Waals surface area (Å²) in [6.07, 6.45) is 0. The first kappa shape index (κ1) is 15.4. The summed E-state index contributed by atoms with van der Waals surface area (Å²) >= 11 is 0. The number of halogens is 2. The smallest absolute Gasteiger partial charge is 0.308 e. The van der Waals surface area contributed by atoms with Crippen LogP contribution in [-0.4, -0.2) is 24.2 Å². The highest BCUT2D eigenvalue weighted by atomic mass is 19.1. The number of aliphatic carboxylic acids is 1. The van der Waals surface area contributed by atoms with Gasteiger partial charge in [-0.05, 0) is 18.1 Å². The van der Waals surface area contributed by atoms with E-state index in [4.69, 9.17) is 5.11 Å². The van der Waals surface area contributed by atoms with Crippen molar-refractivity contribution in [3.63, 3.8) is 0 Å². The van der Waals surface area contributed by atoms with Gasteiger partial charge in [0.05, 0.1) is 11.6 Å². The monoisotopic (exact) mass is 271 g/mol. The second-order valence-corrected chi connectivity index (χ2v) is 5.13. The molecule has 0 saturated heterocycles. The molecular formula is C14H19F2NO2. The van der Waals surface area contributed by atoms with Gasteiger partial charge >= 0.3 is 5.97 Å². The van der Waals surface area contributed by atoms with Crippen LogP contribution >= 0.6 is 0 Å². The SMILES string of the molecule is CC(C)CN(CC(C)C(=O)O)c1ccc(F)cc1F. The van der Waals surface area contributed by atoms with Gasteiger partial charge in [0.2, 0.25) is 0 Å². The first-order valence-corrected chi connectivity index (χ1v) is 6.24. The zero-order valence-electron chi connectivity index (χ0n) is 11.4. The molecule has 0 aliphatic heterocycles. The molecule has 1 rings (SSSR count). The van der Waals surface area contributed by atoms with Gasteiger partial charge in [-0.3, -0.25) is 4.79 Å². The van der Waals surface area contributed by atoms with Gasteiger partial charge in [-0.1, -0.05) is 20.8 Å². The minimum atomic E-state index is -0.934. The largest absolute Gasteiger partial charge is 0.481 e. The zero-order chi connectivity index (χ0) is 14.6. The minimum absolute atomic E-state index is 0.191. The summed E-state index contributed by atoms with van der Waals surface area (Å²) in [5.41, 5.74) is 0.239. The molecule has 1 N–H and O–H groups in total. The van der Waals surface area contributed by atoms with Crippen molar-refractivity contribution in [3.05, 3.63) is 29.8 Å². The standard InChI is InChI=1S/C14H19F2NO2/c1-9(2)7-17(8-10(3)14(18)19)13-5-4-11(15)6-12(13)16/h4-6,9-10H,7-8H2,1-3H3,(H,18,19). The first-order chi connectivity index (χ1) is 8.81. The first-order valence-electron chi connectivity index (χ1n) is 6.24. The Bertz CT molecular complexity index is 449. The summed E-state index contributed by atoms with van der Waals surface area (Å²) in [6.45, 7) is 6.19. The number of carbonyl (C=O) groups is 1. The highest BCUT2D eigenvalue weighted by Gasteiger charge is 2.20. The topological polar surface area (TPSA) is 40.5 Å². The lowest BCUT2D eigenvalue weighted by Crippen LogP contribution is -2.35. The van der Waals surface area contributed by atoms with E-state index in [1.54, 1.807) is 11.8 Å². The fraction of sp³-hybridized carbons (Fsp3) is 0.500. The molecule has 1 unspecified atom stereocenters. The van der Waals surface area contributed by atoms with Gasteiger partial charge in [-0.2, -0.15) is 0 Å². The third-order valence-corrected chi connectivity index (χ3v) is 2.75. The molecule has 1 atom stereocenters. The van der Waals surface area contributed by atoms with Gasteiger partial charge in [0, 0.05) is 19.2 Å². The fourth-order valence-electron chi connectivity index (χ4n) is 1.86. The van der Waals surface area contributed by atoms with Crippen molar-refractivity contribution < 1.29 is 18.7 Å². The fourth-order valence-corrected chi connectivity index (χ4v) is 1.86. The molecule has 0 amide bonds. The van der Waals surface area contributed by atoms with Crippen molar-refractivity contribution in [1.29, 1.82) is 0 Å². The number of nitrogens with zero attached hydrogens (tertiary/aromatic N) is 1. The Morgan fingerprint density at radius 1 is 1.26 bits per heavy atom. The third-order valence-electron chi connectivity index (χ3n) is 2.75. The molecule has 0 spiro atoms. The summed E-state index contributed by atoms with van der Waals surface area (Å²) in [5.74, 6) is -2.62. The summed E-state index contributed by atoms with van der Waals surface area (Å²) in [7, 11) is 0. The van der Waals surface area contributed by atoms with Crippen LogP contribution in [0.1, 0.15) is 20.8 Å². The number of carboxylic acids is 1. The Labute approximate surface area is 111 Å². The van der Waals surface area contributed by atoms with Gasteiger partial charge in [0.1, 0.15) is 11.6 Å². The van der Waals surface area contributed by atoms with Crippen molar-refractivity contribution in [2.45, 2.75) is 20.8 Å². The van der Waals surface area contributed by atoms with Crippen LogP contribution in [0.2, 0.25) is 0 Å². The zero-order valence-corrected chi connectivity index (χ0v) is 11.4. The van der Waals surface area contributed by atoms with Crippen LogP contribution in [0.25, 0.3) is 0 Å². The van der Waals surface area contributed by atoms with Crippen molar-refractivity contribution in [2.24, 2.45) is 11.8 Å². The van der Waals surface area contributed by atoms with Crippen LogP contribution in [0.3, 0.4) is 0 Å². The Kier molecular flexibility index (Phi) is 5.27. The Balaban J connectivity index is 2.98. The molecule has 0 saturated carbocycles. The maximum absolute atomic E-state index is 13.8. The molecular weight excluding hydrogens is 252 g/mol. The number of hydrogen-bond acceptors (Lipinski definition) is 2. The lowest BCUT2D eigenvalue weighted by molar-refractivity contribution is -0.140. The molecule has 0 aliphatic rings. The lowest BCUT2D eigenvalue weighted by atomic mass is 10.1. The van der Waals surface area contributed by atoms with Crippen LogP contribution < -0.4 is 4.90 Å². The van der Waals surface area contributed by atoms with E-state index in [-0.39, 0.29) is 18.2 Å². The number of benzene rings is 1. The molecule has 0 heterocycles. The Morgan fingerprint density at radius 3 is 2.37 bits per heavy atom. The summed E-state index contributed by atoms with van der Waals surface area (Å²) in [4.78, 5) is 12.6. The average molecular weight is 271 g/mol. The normalized spacial score (nSPS) is 12.5. The number of rotatable bonds is 6. The average Bonchev–Trinajstić information content (AvgIpc) is 2.27. The van der Waals surface area contributed by atoms with E-state index in [1.807, 2.05) is 13.8 Å². The molecule has 19 heavy (non-hydrogen) atoms. The van der Waals surface area contributed by atoms with Crippen LogP contribution in [0.5, 0.6) is 0 Å². The van der Waals surface area contributed by atoms with E-state index in [2.05, 4.69) is 0 Å². The Hall–Kier alpha value is -1.65. The van der Waals surface area contributed by atoms with Gasteiger partial charge in [-0.25, -0.2) is 8.78 Å². The lowest BCUT2D eigenvalue weighted by Gasteiger charge is -2.28. The van der Waals surface area contributed by atoms with Gasteiger partial charge < -0.3 is 10.0 Å². The molecule has 0 aliphatic carbocycles. The van der Waals surface area contributed by atoms with E-state index < -0.39 is 23.5 Å². The van der Waals surface area contributed by atoms with Gasteiger partial charge in [-0.15, -0.1) is 0 Å². The molecule has 0 radical (unpaired) electrons. The van der Waals surface area contributed by atoms with Crippen molar-refractivity contribution >= 4 is 11.7 Å². The molecule has 0 bridgehead atoms. The van der Waals surface area contributed by atoms with Crippen LogP contribution in [0, 0.1) is 23.5 Å². The van der Waals surface area contributed by atoms with E-state index in [9.17, 15) is 13.6 Å². The van der Waals surface area contributed by atoms with Crippen molar-refractivity contribution in [2.75, 3.05) is 18.0 Å². The predicted molar refractivity (Wildman–Crippen MR) is 70.2 cm³/mol. The maximum Gasteiger partial charge on any atom is 0.308 e. The van der Waals surface area contributed by atoms with Crippen LogP contribution in [-0.2, 0) is 4.79 Å². The van der Waals surface area contributed by atoms with Crippen LogP contribution in [0.15, 0.2) is 18.2 Å². The number of anilines is 1. The van der Waals surface area contributed by atoms with E-state index >= 15 is 0 Å². The molecule has 0 fully saturated rings. The van der Waals surface area contributed by atoms with Gasteiger partial charge in [0.25, 0.3) is 0 Å². The third kappa shape index (κ3) is 4.50. The summed E-state index contributed by atoms with van der Waals surface area (Å²) < 4.78 is 26.7. The number of carboxylic acid groups (broad SMARTS) is 1. The molecule has 5 heteroatoms. The maximum atomic E-state index is 13.8. The Morgan fingerprint density at radius 2 is 1.89 bits per heavy atom. The van der Waals surface area contributed by atoms with Crippen molar-refractivity contribution in [1.82, 2.24) is 0 Å². The van der Waals surface area contributed by atoms with E-state index in [0.29, 0.717) is 6.54 Å². The van der Waals surface area contributed by atoms with Crippen molar-refractivity contribution in [3.8, 4) is 0 Å². The molecule has 3 nitrogen and oxygen atoms in total. The van der Waals surface area contributed by atoms with E-state index in [1.165, 1.54) is 12.1 Å². The molecule has 106 valence electrons. The minimum Gasteiger partial charge on any atom is -0.481 e. The second kappa shape index (κ2) is 6.50. The molecule has 1 aromatic carbocycles.